The van der Waals surface area contributed by atoms with Gasteiger partial charge in [-0.05, 0) is 70.4 Å². The molecule has 1 aromatic rings. The van der Waals surface area contributed by atoms with Crippen LogP contribution in [0.5, 0.6) is 0 Å². The summed E-state index contributed by atoms with van der Waals surface area (Å²) in [4.78, 5) is 20.8. The third-order valence-electron chi connectivity index (χ3n) is 5.55. The molecule has 1 spiro atoms. The number of aromatic nitrogens is 1. The maximum absolute atomic E-state index is 12.4. The maximum Gasteiger partial charge on any atom is 0.410 e. The first-order valence-electron chi connectivity index (χ1n) is 9.50. The lowest BCUT2D eigenvalue weighted by Crippen LogP contribution is -2.41. The van der Waals surface area contributed by atoms with Gasteiger partial charge in [-0.2, -0.15) is 0 Å². The quantitative estimate of drug-likeness (QED) is 0.769. The Bertz CT molecular complexity index is 574. The molecule has 1 amide bonds. The molecule has 138 valence electrons. The van der Waals surface area contributed by atoms with Crippen molar-refractivity contribution in [3.8, 4) is 0 Å². The van der Waals surface area contributed by atoms with Crippen molar-refractivity contribution < 1.29 is 9.53 Å². The first-order chi connectivity index (χ1) is 11.9. The van der Waals surface area contributed by atoms with Crippen molar-refractivity contribution in [2.75, 3.05) is 31.1 Å². The Balaban J connectivity index is 1.56. The summed E-state index contributed by atoms with van der Waals surface area (Å²) in [6, 6.07) is 4.19. The van der Waals surface area contributed by atoms with Gasteiger partial charge in [0, 0.05) is 44.3 Å². The van der Waals surface area contributed by atoms with E-state index in [0.717, 1.165) is 39.0 Å². The number of hydrogen-bond donors (Lipinski definition) is 0. The minimum Gasteiger partial charge on any atom is -0.444 e. The average molecular weight is 345 g/mol. The van der Waals surface area contributed by atoms with E-state index in [2.05, 4.69) is 22.0 Å². The van der Waals surface area contributed by atoms with Crippen LogP contribution in [0.4, 0.5) is 10.5 Å². The molecule has 0 saturated carbocycles. The van der Waals surface area contributed by atoms with Crippen LogP contribution in [-0.4, -0.2) is 47.8 Å². The van der Waals surface area contributed by atoms with Gasteiger partial charge in [0.1, 0.15) is 5.60 Å². The number of carbonyl (C=O) groups is 1. The summed E-state index contributed by atoms with van der Waals surface area (Å²) in [6.45, 7) is 9.62. The zero-order valence-corrected chi connectivity index (χ0v) is 15.8. The van der Waals surface area contributed by atoms with Crippen molar-refractivity contribution in [2.45, 2.75) is 58.5 Å². The van der Waals surface area contributed by atoms with Crippen molar-refractivity contribution in [3.05, 3.63) is 24.5 Å². The molecule has 2 aliphatic heterocycles. The van der Waals surface area contributed by atoms with Gasteiger partial charge in [0.25, 0.3) is 0 Å². The number of piperidine rings is 1. The summed E-state index contributed by atoms with van der Waals surface area (Å²) in [5.74, 6) is 0. The summed E-state index contributed by atoms with van der Waals surface area (Å²) in [5, 5.41) is 0. The van der Waals surface area contributed by atoms with Gasteiger partial charge in [-0.15, -0.1) is 0 Å². The second-order valence-electron chi connectivity index (χ2n) is 8.51. The Kier molecular flexibility index (Phi) is 5.21. The Morgan fingerprint density at radius 2 is 1.68 bits per heavy atom. The van der Waals surface area contributed by atoms with E-state index < -0.39 is 5.60 Å². The molecule has 25 heavy (non-hydrogen) atoms. The number of amides is 1. The zero-order valence-electron chi connectivity index (χ0n) is 15.8. The number of nitrogens with zero attached hydrogens (tertiary/aromatic N) is 3. The largest absolute Gasteiger partial charge is 0.444 e. The highest BCUT2D eigenvalue weighted by atomic mass is 16.6. The summed E-state index contributed by atoms with van der Waals surface area (Å²) < 4.78 is 5.56. The van der Waals surface area contributed by atoms with Crippen LogP contribution in [0.15, 0.2) is 24.5 Å². The second-order valence-corrected chi connectivity index (χ2v) is 8.51. The third-order valence-corrected chi connectivity index (χ3v) is 5.55. The Labute approximate surface area is 151 Å². The minimum atomic E-state index is -0.420. The van der Waals surface area contributed by atoms with Crippen molar-refractivity contribution in [1.82, 2.24) is 9.88 Å². The summed E-state index contributed by atoms with van der Waals surface area (Å²) in [5.41, 5.74) is 1.24. The van der Waals surface area contributed by atoms with E-state index in [-0.39, 0.29) is 6.09 Å². The van der Waals surface area contributed by atoms with Gasteiger partial charge < -0.3 is 14.5 Å². The van der Waals surface area contributed by atoms with Crippen LogP contribution in [0.25, 0.3) is 0 Å². The lowest BCUT2D eigenvalue weighted by Gasteiger charge is -2.42. The van der Waals surface area contributed by atoms with Crippen LogP contribution < -0.4 is 4.90 Å². The van der Waals surface area contributed by atoms with Crippen molar-refractivity contribution in [2.24, 2.45) is 5.41 Å². The summed E-state index contributed by atoms with van der Waals surface area (Å²) >= 11 is 0. The second kappa shape index (κ2) is 7.22. The number of carbonyl (C=O) groups excluding carboxylic acids is 1. The van der Waals surface area contributed by atoms with Gasteiger partial charge in [-0.1, -0.05) is 0 Å². The molecule has 0 N–H and O–H groups in total. The Morgan fingerprint density at radius 3 is 2.32 bits per heavy atom. The minimum absolute atomic E-state index is 0.154. The molecule has 0 bridgehead atoms. The molecule has 1 aromatic heterocycles. The third kappa shape index (κ3) is 4.65. The fourth-order valence-electron chi connectivity index (χ4n) is 4.06. The smallest absolute Gasteiger partial charge is 0.410 e. The molecule has 3 rings (SSSR count). The number of rotatable bonds is 1. The van der Waals surface area contributed by atoms with E-state index in [1.165, 1.54) is 24.9 Å². The van der Waals surface area contributed by atoms with Crippen LogP contribution >= 0.6 is 0 Å². The lowest BCUT2D eigenvalue weighted by atomic mass is 9.73. The number of anilines is 1. The highest BCUT2D eigenvalue weighted by Gasteiger charge is 2.37. The number of hydrogen-bond acceptors (Lipinski definition) is 4. The van der Waals surface area contributed by atoms with Gasteiger partial charge >= 0.3 is 6.09 Å². The van der Waals surface area contributed by atoms with Crippen LogP contribution in [0.3, 0.4) is 0 Å². The lowest BCUT2D eigenvalue weighted by molar-refractivity contribution is 0.0248. The molecule has 0 aliphatic carbocycles. The predicted molar refractivity (Wildman–Crippen MR) is 99.8 cm³/mol. The van der Waals surface area contributed by atoms with Crippen LogP contribution in [-0.2, 0) is 4.74 Å². The van der Waals surface area contributed by atoms with Gasteiger partial charge in [0.15, 0.2) is 0 Å². The summed E-state index contributed by atoms with van der Waals surface area (Å²) in [7, 11) is 0. The fourth-order valence-corrected chi connectivity index (χ4v) is 4.06. The van der Waals surface area contributed by atoms with Crippen LogP contribution in [0, 0.1) is 5.41 Å². The standard InChI is InChI=1S/C20H31N3O2/c1-19(2,3)25-18(24)23-13-4-7-20(10-16-23)8-14-22(15-9-20)17-5-11-21-12-6-17/h5-6,11-12H,4,7-10,13-16H2,1-3H3. The molecule has 2 saturated heterocycles. The molecule has 2 fully saturated rings. The number of ether oxygens (including phenoxy) is 1. The molecule has 0 unspecified atom stereocenters. The highest BCUT2D eigenvalue weighted by Crippen LogP contribution is 2.42. The average Bonchev–Trinajstić information content (AvgIpc) is 2.78. The molecule has 5 heteroatoms. The van der Waals surface area contributed by atoms with E-state index in [0.29, 0.717) is 5.41 Å². The van der Waals surface area contributed by atoms with E-state index in [1.54, 1.807) is 0 Å². The monoisotopic (exact) mass is 345 g/mol. The van der Waals surface area contributed by atoms with E-state index in [4.69, 9.17) is 4.74 Å². The SMILES string of the molecule is CC(C)(C)OC(=O)N1CCCC2(CC1)CCN(c1ccncc1)CC2. The molecule has 0 aromatic carbocycles. The van der Waals surface area contributed by atoms with Gasteiger partial charge in [-0.25, -0.2) is 4.79 Å². The van der Waals surface area contributed by atoms with E-state index in [9.17, 15) is 4.79 Å². The van der Waals surface area contributed by atoms with Crippen molar-refractivity contribution in [3.63, 3.8) is 0 Å². The first-order valence-corrected chi connectivity index (χ1v) is 9.50. The molecular formula is C20H31N3O2. The predicted octanol–water partition coefficient (Wildman–Crippen LogP) is 4.09. The fraction of sp³-hybridized carbons (Fsp3) is 0.700. The first kappa shape index (κ1) is 18.0. The molecule has 2 aliphatic rings. The molecule has 5 nitrogen and oxygen atoms in total. The number of pyridine rings is 1. The topological polar surface area (TPSA) is 45.7 Å². The van der Waals surface area contributed by atoms with Crippen molar-refractivity contribution >= 4 is 11.8 Å². The number of likely N-dealkylation sites (tertiary alicyclic amines) is 1. The van der Waals surface area contributed by atoms with Crippen LogP contribution in [0.1, 0.15) is 52.9 Å². The van der Waals surface area contributed by atoms with Gasteiger partial charge in [0.05, 0.1) is 0 Å². The molecular weight excluding hydrogens is 314 g/mol. The molecule has 3 heterocycles. The highest BCUT2D eigenvalue weighted by molar-refractivity contribution is 5.68. The molecule has 0 atom stereocenters. The van der Waals surface area contributed by atoms with Crippen LogP contribution in [0.2, 0.25) is 0 Å². The van der Waals surface area contributed by atoms with Gasteiger partial charge in [0.2, 0.25) is 0 Å². The molecule has 0 radical (unpaired) electrons. The Hall–Kier alpha value is -1.78. The van der Waals surface area contributed by atoms with E-state index >= 15 is 0 Å². The summed E-state index contributed by atoms with van der Waals surface area (Å²) in [6.07, 6.45) is 9.38. The Morgan fingerprint density at radius 1 is 1.04 bits per heavy atom. The van der Waals surface area contributed by atoms with E-state index in [1.807, 2.05) is 38.1 Å². The van der Waals surface area contributed by atoms with Crippen molar-refractivity contribution in [1.29, 1.82) is 0 Å². The normalized spacial score (nSPS) is 21.1. The zero-order chi connectivity index (χ0) is 17.9. The maximum atomic E-state index is 12.4. The van der Waals surface area contributed by atoms with Gasteiger partial charge in [-0.3, -0.25) is 4.98 Å².